The molecule has 1 heterocycles. The minimum atomic E-state index is -3.74. The Balaban J connectivity index is 1.84. The van der Waals surface area contributed by atoms with Crippen LogP contribution in [0.4, 0.5) is 5.13 Å². The number of aryl methyl sites for hydroxylation is 1. The molecule has 1 aromatic carbocycles. The maximum atomic E-state index is 12.2. The third-order valence-corrected chi connectivity index (χ3v) is 6.15. The number of hydrogen-bond donors (Lipinski definition) is 2. The van der Waals surface area contributed by atoms with Gasteiger partial charge in [-0.25, -0.2) is 13.1 Å². The van der Waals surface area contributed by atoms with Gasteiger partial charge in [-0.05, 0) is 30.5 Å². The van der Waals surface area contributed by atoms with Gasteiger partial charge < -0.3 is 10.1 Å². The van der Waals surface area contributed by atoms with E-state index in [0.29, 0.717) is 6.42 Å². The summed E-state index contributed by atoms with van der Waals surface area (Å²) < 4.78 is 31.9. The van der Waals surface area contributed by atoms with Crippen molar-refractivity contribution in [3.63, 3.8) is 0 Å². The number of anilines is 1. The fraction of sp³-hybridized carbons (Fsp3) is 0.438. The van der Waals surface area contributed by atoms with Gasteiger partial charge in [-0.2, -0.15) is 0 Å². The molecule has 2 rings (SSSR count). The highest BCUT2D eigenvalue weighted by atomic mass is 32.2. The van der Waals surface area contributed by atoms with Gasteiger partial charge >= 0.3 is 0 Å². The van der Waals surface area contributed by atoms with Gasteiger partial charge in [-0.15, -0.1) is 10.2 Å². The van der Waals surface area contributed by atoms with Crippen LogP contribution in [-0.4, -0.2) is 38.2 Å². The molecule has 0 unspecified atom stereocenters. The predicted molar refractivity (Wildman–Crippen MR) is 99.9 cm³/mol. The predicted octanol–water partition coefficient (Wildman–Crippen LogP) is 2.05. The van der Waals surface area contributed by atoms with Crippen molar-refractivity contribution in [3.8, 4) is 5.75 Å². The van der Waals surface area contributed by atoms with Crippen LogP contribution in [0, 0.1) is 5.92 Å². The summed E-state index contributed by atoms with van der Waals surface area (Å²) in [5, 5.41) is 10.1. The molecule has 0 spiro atoms. The minimum Gasteiger partial charge on any atom is -0.497 e. The van der Waals surface area contributed by atoms with Crippen molar-refractivity contribution in [1.29, 1.82) is 0 Å². The Kier molecular flexibility index (Phi) is 7.06. The number of carbonyl (C=O) groups excluding carboxylic acids is 1. The molecule has 0 bridgehead atoms. The second-order valence-electron chi connectivity index (χ2n) is 5.87. The van der Waals surface area contributed by atoms with Crippen molar-refractivity contribution >= 4 is 32.4 Å². The Bertz CT molecular complexity index is 832. The first-order valence-electron chi connectivity index (χ1n) is 8.09. The van der Waals surface area contributed by atoms with Gasteiger partial charge in [-0.1, -0.05) is 37.3 Å². The molecule has 0 aliphatic carbocycles. The van der Waals surface area contributed by atoms with Gasteiger partial charge in [0.1, 0.15) is 5.75 Å². The number of sulfonamides is 1. The number of aromatic nitrogens is 2. The third-order valence-electron chi connectivity index (χ3n) is 3.48. The van der Waals surface area contributed by atoms with Crippen LogP contribution in [0.15, 0.2) is 28.6 Å². The Morgan fingerprint density at radius 2 is 1.92 bits per heavy atom. The standard InChI is InChI=1S/C16H22N4O4S2/c1-11(2)14(21)18-15-19-20-16(25-15)26(22,23)17-10-4-5-12-6-8-13(24-3)9-7-12/h6-9,11,17H,4-5,10H2,1-3H3,(H,18,19,21). The summed E-state index contributed by atoms with van der Waals surface area (Å²) in [7, 11) is -2.13. The van der Waals surface area contributed by atoms with Crippen molar-refractivity contribution in [1.82, 2.24) is 14.9 Å². The van der Waals surface area contributed by atoms with Gasteiger partial charge in [0.2, 0.25) is 15.4 Å². The molecule has 2 N–H and O–H groups in total. The first-order valence-corrected chi connectivity index (χ1v) is 10.4. The number of methoxy groups -OCH3 is 1. The van der Waals surface area contributed by atoms with E-state index in [1.54, 1.807) is 21.0 Å². The van der Waals surface area contributed by atoms with Gasteiger partial charge in [0, 0.05) is 12.5 Å². The third kappa shape index (κ3) is 5.75. The van der Waals surface area contributed by atoms with E-state index in [1.807, 2.05) is 24.3 Å². The monoisotopic (exact) mass is 398 g/mol. The van der Waals surface area contributed by atoms with Crippen molar-refractivity contribution in [2.75, 3.05) is 19.0 Å². The van der Waals surface area contributed by atoms with Gasteiger partial charge in [-0.3, -0.25) is 4.79 Å². The number of hydrogen-bond acceptors (Lipinski definition) is 7. The number of nitrogens with one attached hydrogen (secondary N) is 2. The maximum absolute atomic E-state index is 12.2. The summed E-state index contributed by atoms with van der Waals surface area (Å²) in [6.07, 6.45) is 1.37. The lowest BCUT2D eigenvalue weighted by atomic mass is 10.1. The second-order valence-corrected chi connectivity index (χ2v) is 8.78. The Labute approximate surface area is 157 Å². The lowest BCUT2D eigenvalue weighted by Crippen LogP contribution is -2.25. The van der Waals surface area contributed by atoms with Crippen LogP contribution in [0.25, 0.3) is 0 Å². The Hall–Kier alpha value is -2.04. The zero-order valence-electron chi connectivity index (χ0n) is 14.9. The number of ether oxygens (including phenoxy) is 1. The molecular weight excluding hydrogens is 376 g/mol. The molecule has 0 atom stereocenters. The van der Waals surface area contributed by atoms with Gasteiger partial charge in [0.15, 0.2) is 0 Å². The molecular formula is C16H22N4O4S2. The van der Waals surface area contributed by atoms with Crippen molar-refractivity contribution < 1.29 is 17.9 Å². The molecule has 8 nitrogen and oxygen atoms in total. The van der Waals surface area contributed by atoms with Crippen LogP contribution in [0.1, 0.15) is 25.8 Å². The zero-order chi connectivity index (χ0) is 19.2. The Morgan fingerprint density at radius 1 is 1.23 bits per heavy atom. The zero-order valence-corrected chi connectivity index (χ0v) is 16.5. The second kappa shape index (κ2) is 9.06. The number of benzene rings is 1. The summed E-state index contributed by atoms with van der Waals surface area (Å²) in [4.78, 5) is 11.6. The Morgan fingerprint density at radius 3 is 2.54 bits per heavy atom. The van der Waals surface area contributed by atoms with E-state index < -0.39 is 10.0 Å². The molecule has 26 heavy (non-hydrogen) atoms. The van der Waals surface area contributed by atoms with E-state index in [1.165, 1.54) is 0 Å². The topological polar surface area (TPSA) is 110 Å². The fourth-order valence-electron chi connectivity index (χ4n) is 1.97. The lowest BCUT2D eigenvalue weighted by Gasteiger charge is -2.05. The van der Waals surface area contributed by atoms with Crippen LogP contribution in [-0.2, 0) is 21.2 Å². The smallest absolute Gasteiger partial charge is 0.269 e. The first-order chi connectivity index (χ1) is 12.3. The summed E-state index contributed by atoms with van der Waals surface area (Å²) >= 11 is 0.826. The average molecular weight is 399 g/mol. The molecule has 142 valence electrons. The number of amides is 1. The van der Waals surface area contributed by atoms with E-state index in [9.17, 15) is 13.2 Å². The number of carbonyl (C=O) groups is 1. The van der Waals surface area contributed by atoms with Crippen molar-refractivity contribution in [3.05, 3.63) is 29.8 Å². The summed E-state index contributed by atoms with van der Waals surface area (Å²) in [6.45, 7) is 3.75. The molecule has 0 aliphatic heterocycles. The van der Waals surface area contributed by atoms with E-state index in [-0.39, 0.29) is 27.8 Å². The lowest BCUT2D eigenvalue weighted by molar-refractivity contribution is -0.118. The van der Waals surface area contributed by atoms with Crippen LogP contribution in [0.2, 0.25) is 0 Å². The van der Waals surface area contributed by atoms with E-state index in [4.69, 9.17) is 4.74 Å². The fourth-order valence-corrected chi connectivity index (χ4v) is 3.99. The molecule has 0 fully saturated rings. The molecule has 1 aromatic heterocycles. The first kappa shape index (κ1) is 20.3. The summed E-state index contributed by atoms with van der Waals surface area (Å²) in [5.41, 5.74) is 1.10. The van der Waals surface area contributed by atoms with Gasteiger partial charge in [0.05, 0.1) is 7.11 Å². The van der Waals surface area contributed by atoms with Gasteiger partial charge in [0.25, 0.3) is 10.0 Å². The minimum absolute atomic E-state index is 0.166. The van der Waals surface area contributed by atoms with Crippen LogP contribution >= 0.6 is 11.3 Å². The average Bonchev–Trinajstić information content (AvgIpc) is 3.08. The maximum Gasteiger partial charge on any atom is 0.269 e. The van der Waals surface area contributed by atoms with Crippen LogP contribution in [0.3, 0.4) is 0 Å². The summed E-state index contributed by atoms with van der Waals surface area (Å²) in [6, 6.07) is 7.63. The molecule has 0 saturated heterocycles. The summed E-state index contributed by atoms with van der Waals surface area (Å²) in [5.74, 6) is 0.318. The van der Waals surface area contributed by atoms with E-state index in [0.717, 1.165) is 29.1 Å². The molecule has 0 aliphatic rings. The normalized spacial score (nSPS) is 11.5. The molecule has 1 amide bonds. The highest BCUT2D eigenvalue weighted by Crippen LogP contribution is 2.20. The largest absolute Gasteiger partial charge is 0.497 e. The molecule has 2 aromatic rings. The van der Waals surface area contributed by atoms with Crippen molar-refractivity contribution in [2.45, 2.75) is 31.0 Å². The molecule has 0 radical (unpaired) electrons. The highest BCUT2D eigenvalue weighted by molar-refractivity contribution is 7.91. The number of nitrogens with zero attached hydrogens (tertiary/aromatic N) is 2. The van der Waals surface area contributed by atoms with Crippen LogP contribution in [0.5, 0.6) is 5.75 Å². The van der Waals surface area contributed by atoms with Crippen molar-refractivity contribution in [2.24, 2.45) is 5.92 Å². The van der Waals surface area contributed by atoms with E-state index in [2.05, 4.69) is 20.2 Å². The SMILES string of the molecule is COc1ccc(CCCNS(=O)(=O)c2nnc(NC(=O)C(C)C)s2)cc1. The highest BCUT2D eigenvalue weighted by Gasteiger charge is 2.20. The van der Waals surface area contributed by atoms with E-state index >= 15 is 0 Å². The number of rotatable bonds is 9. The van der Waals surface area contributed by atoms with Crippen LogP contribution < -0.4 is 14.8 Å². The molecule has 10 heteroatoms. The molecule has 0 saturated carbocycles. The quantitative estimate of drug-likeness (QED) is 0.494.